The third-order valence-corrected chi connectivity index (χ3v) is 2.98. The standard InChI is InChI=1S/C10H22N2O/c1-12(8-4-7-11)9-5-2-3-6-10(9)13/h9-10,13H,2-8,11H2,1H3. The quantitative estimate of drug-likeness (QED) is 0.675. The second-order valence-electron chi connectivity index (χ2n) is 4.04. The molecular weight excluding hydrogens is 164 g/mol. The van der Waals surface area contributed by atoms with Gasteiger partial charge in [0.2, 0.25) is 0 Å². The first-order chi connectivity index (χ1) is 6.25. The van der Waals surface area contributed by atoms with Crippen LogP contribution in [0.4, 0.5) is 0 Å². The van der Waals surface area contributed by atoms with Crippen LogP contribution in [0.15, 0.2) is 0 Å². The third-order valence-electron chi connectivity index (χ3n) is 2.98. The number of aliphatic hydroxyl groups excluding tert-OH is 1. The molecule has 0 spiro atoms. The monoisotopic (exact) mass is 186 g/mol. The van der Waals surface area contributed by atoms with E-state index in [9.17, 15) is 5.11 Å². The first-order valence-electron chi connectivity index (χ1n) is 5.34. The molecule has 1 fully saturated rings. The van der Waals surface area contributed by atoms with Gasteiger partial charge in [-0.05, 0) is 39.4 Å². The maximum atomic E-state index is 9.77. The van der Waals surface area contributed by atoms with E-state index in [4.69, 9.17) is 5.73 Å². The maximum Gasteiger partial charge on any atom is 0.0695 e. The van der Waals surface area contributed by atoms with Crippen molar-refractivity contribution in [2.75, 3.05) is 20.1 Å². The van der Waals surface area contributed by atoms with Crippen molar-refractivity contribution in [3.63, 3.8) is 0 Å². The summed E-state index contributed by atoms with van der Waals surface area (Å²) in [5, 5.41) is 9.77. The van der Waals surface area contributed by atoms with Gasteiger partial charge >= 0.3 is 0 Å². The molecule has 3 N–H and O–H groups in total. The van der Waals surface area contributed by atoms with E-state index in [1.165, 1.54) is 12.8 Å². The van der Waals surface area contributed by atoms with E-state index in [0.717, 1.165) is 32.4 Å². The van der Waals surface area contributed by atoms with Gasteiger partial charge in [0.15, 0.2) is 0 Å². The van der Waals surface area contributed by atoms with Crippen LogP contribution in [0.3, 0.4) is 0 Å². The summed E-state index contributed by atoms with van der Waals surface area (Å²) >= 11 is 0. The SMILES string of the molecule is CN(CCCN)C1CCCCC1O. The van der Waals surface area contributed by atoms with E-state index >= 15 is 0 Å². The average molecular weight is 186 g/mol. The fourth-order valence-electron chi connectivity index (χ4n) is 2.11. The lowest BCUT2D eigenvalue weighted by Crippen LogP contribution is -2.44. The Kier molecular flexibility index (Phi) is 4.70. The summed E-state index contributed by atoms with van der Waals surface area (Å²) in [5.74, 6) is 0. The van der Waals surface area contributed by atoms with Crippen molar-refractivity contribution in [1.29, 1.82) is 0 Å². The van der Waals surface area contributed by atoms with Crippen molar-refractivity contribution >= 4 is 0 Å². The van der Waals surface area contributed by atoms with Crippen molar-refractivity contribution in [3.05, 3.63) is 0 Å². The normalized spacial score (nSPS) is 29.5. The van der Waals surface area contributed by atoms with Gasteiger partial charge in [0.25, 0.3) is 0 Å². The molecule has 0 aliphatic heterocycles. The van der Waals surface area contributed by atoms with E-state index in [-0.39, 0.29) is 6.10 Å². The van der Waals surface area contributed by atoms with E-state index in [0.29, 0.717) is 6.04 Å². The molecule has 0 heterocycles. The van der Waals surface area contributed by atoms with Crippen molar-refractivity contribution < 1.29 is 5.11 Å². The van der Waals surface area contributed by atoms with E-state index in [1.807, 2.05) is 0 Å². The molecule has 2 unspecified atom stereocenters. The van der Waals surface area contributed by atoms with Gasteiger partial charge in [0, 0.05) is 6.04 Å². The van der Waals surface area contributed by atoms with Crippen LogP contribution in [-0.4, -0.2) is 42.3 Å². The van der Waals surface area contributed by atoms with Gasteiger partial charge in [0.05, 0.1) is 6.10 Å². The van der Waals surface area contributed by atoms with Gasteiger partial charge in [-0.15, -0.1) is 0 Å². The molecule has 0 amide bonds. The molecule has 3 heteroatoms. The van der Waals surface area contributed by atoms with Crippen LogP contribution in [0.25, 0.3) is 0 Å². The highest BCUT2D eigenvalue weighted by Gasteiger charge is 2.25. The van der Waals surface area contributed by atoms with Gasteiger partial charge in [-0.25, -0.2) is 0 Å². The highest BCUT2D eigenvalue weighted by Crippen LogP contribution is 2.22. The second kappa shape index (κ2) is 5.58. The molecule has 3 nitrogen and oxygen atoms in total. The number of aliphatic hydroxyl groups is 1. The molecule has 1 aliphatic carbocycles. The predicted molar refractivity (Wildman–Crippen MR) is 54.6 cm³/mol. The fourth-order valence-corrected chi connectivity index (χ4v) is 2.11. The summed E-state index contributed by atoms with van der Waals surface area (Å²) in [4.78, 5) is 2.26. The Labute approximate surface area is 80.9 Å². The number of rotatable bonds is 4. The van der Waals surface area contributed by atoms with Gasteiger partial charge in [-0.3, -0.25) is 0 Å². The lowest BCUT2D eigenvalue weighted by molar-refractivity contribution is 0.0321. The Balaban J connectivity index is 2.30. The smallest absolute Gasteiger partial charge is 0.0695 e. The van der Waals surface area contributed by atoms with Crippen molar-refractivity contribution in [3.8, 4) is 0 Å². The largest absolute Gasteiger partial charge is 0.391 e. The minimum Gasteiger partial charge on any atom is -0.391 e. The maximum absolute atomic E-state index is 9.77. The molecule has 0 aromatic rings. The van der Waals surface area contributed by atoms with Crippen molar-refractivity contribution in [2.24, 2.45) is 5.73 Å². The van der Waals surface area contributed by atoms with Crippen LogP contribution in [0.5, 0.6) is 0 Å². The van der Waals surface area contributed by atoms with Crippen LogP contribution >= 0.6 is 0 Å². The summed E-state index contributed by atoms with van der Waals surface area (Å²) < 4.78 is 0. The van der Waals surface area contributed by atoms with E-state index in [1.54, 1.807) is 0 Å². The lowest BCUT2D eigenvalue weighted by atomic mass is 9.91. The van der Waals surface area contributed by atoms with Crippen LogP contribution in [0, 0.1) is 0 Å². The first kappa shape index (κ1) is 11.0. The van der Waals surface area contributed by atoms with Gasteiger partial charge < -0.3 is 15.7 Å². The summed E-state index contributed by atoms with van der Waals surface area (Å²) in [7, 11) is 2.09. The first-order valence-corrected chi connectivity index (χ1v) is 5.34. The molecule has 0 aromatic carbocycles. The fraction of sp³-hybridized carbons (Fsp3) is 1.00. The van der Waals surface area contributed by atoms with Crippen LogP contribution in [0.2, 0.25) is 0 Å². The lowest BCUT2D eigenvalue weighted by Gasteiger charge is -2.35. The summed E-state index contributed by atoms with van der Waals surface area (Å²) in [6.45, 7) is 1.76. The molecule has 1 rings (SSSR count). The molecule has 0 bridgehead atoms. The van der Waals surface area contributed by atoms with Crippen molar-refractivity contribution in [2.45, 2.75) is 44.2 Å². The zero-order valence-corrected chi connectivity index (χ0v) is 8.58. The minimum absolute atomic E-state index is 0.114. The molecule has 1 saturated carbocycles. The zero-order valence-electron chi connectivity index (χ0n) is 8.58. The minimum atomic E-state index is -0.114. The molecule has 2 atom stereocenters. The summed E-state index contributed by atoms with van der Waals surface area (Å²) in [6, 6.07) is 0.375. The number of hydrogen-bond donors (Lipinski definition) is 2. The average Bonchev–Trinajstić information content (AvgIpc) is 2.15. The number of nitrogens with zero attached hydrogens (tertiary/aromatic N) is 1. The zero-order chi connectivity index (χ0) is 9.68. The molecule has 78 valence electrons. The predicted octanol–water partition coefficient (Wildman–Crippen LogP) is 0.570. The van der Waals surface area contributed by atoms with Gasteiger partial charge in [0.1, 0.15) is 0 Å². The van der Waals surface area contributed by atoms with E-state index < -0.39 is 0 Å². The number of nitrogens with two attached hydrogens (primary N) is 1. The van der Waals surface area contributed by atoms with Crippen LogP contribution < -0.4 is 5.73 Å². The van der Waals surface area contributed by atoms with Gasteiger partial charge in [-0.2, -0.15) is 0 Å². The summed E-state index contributed by atoms with van der Waals surface area (Å²) in [5.41, 5.74) is 5.45. The Morgan fingerprint density at radius 1 is 1.38 bits per heavy atom. The topological polar surface area (TPSA) is 49.5 Å². The highest BCUT2D eigenvalue weighted by molar-refractivity contribution is 4.81. The Bertz CT molecular complexity index is 141. The Morgan fingerprint density at radius 3 is 2.69 bits per heavy atom. The Hall–Kier alpha value is -0.120. The molecule has 0 saturated heterocycles. The van der Waals surface area contributed by atoms with Gasteiger partial charge in [-0.1, -0.05) is 12.8 Å². The number of hydrogen-bond acceptors (Lipinski definition) is 3. The Morgan fingerprint density at radius 2 is 2.08 bits per heavy atom. The highest BCUT2D eigenvalue weighted by atomic mass is 16.3. The number of likely N-dealkylation sites (N-methyl/N-ethyl adjacent to an activating group) is 1. The summed E-state index contributed by atoms with van der Waals surface area (Å²) in [6.07, 6.45) is 5.47. The molecule has 0 radical (unpaired) electrons. The van der Waals surface area contributed by atoms with Crippen molar-refractivity contribution in [1.82, 2.24) is 4.90 Å². The molecule has 0 aromatic heterocycles. The second-order valence-corrected chi connectivity index (χ2v) is 4.04. The van der Waals surface area contributed by atoms with E-state index in [2.05, 4.69) is 11.9 Å². The molecule has 13 heavy (non-hydrogen) atoms. The third kappa shape index (κ3) is 3.25. The molecular formula is C10H22N2O. The van der Waals surface area contributed by atoms with Crippen LogP contribution in [-0.2, 0) is 0 Å². The molecule has 1 aliphatic rings. The van der Waals surface area contributed by atoms with Crippen LogP contribution in [0.1, 0.15) is 32.1 Å².